The molecule has 0 saturated heterocycles. The van der Waals surface area contributed by atoms with Crippen LogP contribution in [-0.2, 0) is 37.2 Å². The topological polar surface area (TPSA) is 274 Å². The predicted octanol–water partition coefficient (Wildman–Crippen LogP) is 4.43. The molecule has 10 N–H and O–H groups in total. The molecule has 0 aliphatic carbocycles. The molecule has 59 heavy (non-hydrogen) atoms. The first-order chi connectivity index (χ1) is 27.6. The quantitative estimate of drug-likeness (QED) is 0.0135. The molecule has 1 aromatic heterocycles. The molecule has 0 aliphatic rings. The minimum Gasteiger partial charge on any atom is -0.483 e. The molecule has 17 nitrogen and oxygen atoms in total. The number of hydrogen-bond acceptors (Lipinski definition) is 11. The van der Waals surface area contributed by atoms with E-state index in [0.29, 0.717) is 16.7 Å². The second-order valence-corrected chi connectivity index (χ2v) is 11.6. The number of nitrogens with zero attached hydrogens (tertiary/aromatic N) is 2. The summed E-state index contributed by atoms with van der Waals surface area (Å²) < 4.78 is 62.0. The lowest BCUT2D eigenvalue weighted by Gasteiger charge is -2.19. The Hall–Kier alpha value is -7.01. The van der Waals surface area contributed by atoms with Gasteiger partial charge in [0.1, 0.15) is 12.4 Å². The van der Waals surface area contributed by atoms with Gasteiger partial charge in [-0.15, -0.1) is 0 Å². The van der Waals surface area contributed by atoms with Gasteiger partial charge in [-0.05, 0) is 37.6 Å². The lowest BCUT2D eigenvalue weighted by molar-refractivity contribution is -0.312. The van der Waals surface area contributed by atoms with Gasteiger partial charge in [-0.3, -0.25) is 29.2 Å². The highest BCUT2D eigenvalue weighted by Crippen LogP contribution is 2.24. The maximum atomic E-state index is 13.6. The van der Waals surface area contributed by atoms with Crippen LogP contribution in [0.5, 0.6) is 0 Å². The molecule has 0 aliphatic heterocycles. The van der Waals surface area contributed by atoms with Crippen LogP contribution in [0, 0.1) is 5.41 Å². The van der Waals surface area contributed by atoms with Crippen molar-refractivity contribution in [2.24, 2.45) is 5.73 Å². The summed E-state index contributed by atoms with van der Waals surface area (Å²) in [5, 5.41) is 30.1. The molecular weight excluding hydrogens is 802 g/mol. The third-order valence-electron chi connectivity index (χ3n) is 6.85. The lowest BCUT2D eigenvalue weighted by Crippen LogP contribution is -2.35. The average molecular weight is 843 g/mol. The van der Waals surface area contributed by atoms with E-state index in [-0.39, 0.29) is 54.2 Å². The summed E-state index contributed by atoms with van der Waals surface area (Å²) in [6, 6.07) is 20.4. The van der Waals surface area contributed by atoms with Crippen LogP contribution in [0.3, 0.4) is 0 Å². The Morgan fingerprint density at radius 3 is 2.05 bits per heavy atom. The van der Waals surface area contributed by atoms with E-state index in [4.69, 9.17) is 46.5 Å². The van der Waals surface area contributed by atoms with E-state index in [2.05, 4.69) is 20.9 Å². The van der Waals surface area contributed by atoms with Crippen molar-refractivity contribution in [3.05, 3.63) is 112 Å². The molecule has 3 aromatic carbocycles. The minimum atomic E-state index is -5.08. The van der Waals surface area contributed by atoms with Gasteiger partial charge in [-0.25, -0.2) is 19.6 Å². The number of amidine groups is 1. The van der Waals surface area contributed by atoms with Crippen molar-refractivity contribution in [2.45, 2.75) is 52.1 Å². The molecule has 1 atom stereocenters. The molecule has 4 rings (SSSR count). The van der Waals surface area contributed by atoms with Gasteiger partial charge in [-0.2, -0.15) is 26.3 Å². The maximum Gasteiger partial charge on any atom is 0.490 e. The molecule has 0 unspecified atom stereocenters. The van der Waals surface area contributed by atoms with Crippen LogP contribution < -0.4 is 33.0 Å². The normalized spacial score (nSPS) is 11.0. The van der Waals surface area contributed by atoms with E-state index in [0.717, 1.165) is 5.56 Å². The average Bonchev–Trinajstić information content (AvgIpc) is 3.15. The van der Waals surface area contributed by atoms with Crippen LogP contribution in [0.4, 0.5) is 37.8 Å². The molecule has 0 spiro atoms. The second-order valence-electron chi connectivity index (χ2n) is 11.6. The summed E-state index contributed by atoms with van der Waals surface area (Å²) in [7, 11) is 1.34. The fourth-order valence-corrected chi connectivity index (χ4v) is 4.47. The Balaban J connectivity index is 0.00000107. The molecule has 2 amide bonds. The summed E-state index contributed by atoms with van der Waals surface area (Å²) in [5.41, 5.74) is 14.3. The molecule has 0 bridgehead atoms. The molecule has 320 valence electrons. The summed E-state index contributed by atoms with van der Waals surface area (Å²) in [4.78, 5) is 71.7. The molecule has 1 heterocycles. The van der Waals surface area contributed by atoms with Gasteiger partial charge in [0.2, 0.25) is 5.91 Å². The van der Waals surface area contributed by atoms with Crippen molar-refractivity contribution < 1.29 is 65.5 Å². The number of rotatable bonds is 13. The summed E-state index contributed by atoms with van der Waals surface area (Å²) >= 11 is 0. The zero-order valence-electron chi connectivity index (χ0n) is 31.3. The number of amides is 2. The summed E-state index contributed by atoms with van der Waals surface area (Å²) in [6.45, 7) is -0.328. The van der Waals surface area contributed by atoms with E-state index >= 15 is 0 Å². The molecule has 4 aromatic rings. The second kappa shape index (κ2) is 24.6. The number of carbonyl (C=O) groups is 4. The number of nitrogen functional groups attached to an aromatic ring is 2. The van der Waals surface area contributed by atoms with Gasteiger partial charge in [0.25, 0.3) is 17.9 Å². The number of carbonyl (C=O) groups excluding carboxylic acids is 2. The van der Waals surface area contributed by atoms with Crippen molar-refractivity contribution in [1.82, 2.24) is 20.2 Å². The first-order valence-electron chi connectivity index (χ1n) is 16.5. The van der Waals surface area contributed by atoms with Crippen LogP contribution in [-0.4, -0.2) is 75.9 Å². The molecule has 0 radical (unpaired) electrons. The number of hydrogen-bond donors (Lipinski definition) is 8. The van der Waals surface area contributed by atoms with Gasteiger partial charge >= 0.3 is 18.8 Å². The van der Waals surface area contributed by atoms with Crippen molar-refractivity contribution in [2.75, 3.05) is 18.2 Å². The first-order valence-corrected chi connectivity index (χ1v) is 16.5. The zero-order chi connectivity index (χ0) is 44.9. The molecular formula is C36H40F6N8O9. The molecule has 0 fully saturated rings. The highest BCUT2D eigenvalue weighted by Gasteiger charge is 2.38. The van der Waals surface area contributed by atoms with Crippen molar-refractivity contribution >= 4 is 41.6 Å². The number of carboxylic acids is 1. The SMILES string of the molecule is COO[C@H](NC(=O)c1cc(N)cc(-c2cnc(NC(C)C)c(=O)n2CC(=O)NCc2ccc(C(=N)N)cc2)c1)c1ccccc1.FC(F)F.O=C(O)C(F)(F)F.O=CO. The third kappa shape index (κ3) is 18.2. The number of anilines is 2. The Morgan fingerprint density at radius 1 is 1.00 bits per heavy atom. The Labute approximate surface area is 331 Å². The van der Waals surface area contributed by atoms with Crippen LogP contribution in [0.15, 0.2) is 83.8 Å². The number of nitrogens with two attached hydrogens (primary N) is 2. The predicted molar refractivity (Wildman–Crippen MR) is 201 cm³/mol. The smallest absolute Gasteiger partial charge is 0.483 e. The highest BCUT2D eigenvalue weighted by atomic mass is 19.4. The van der Waals surface area contributed by atoms with Gasteiger partial charge in [-0.1, -0.05) is 54.6 Å². The van der Waals surface area contributed by atoms with Crippen molar-refractivity contribution in [1.29, 1.82) is 5.41 Å². The van der Waals surface area contributed by atoms with Crippen molar-refractivity contribution in [3.8, 4) is 11.3 Å². The maximum absolute atomic E-state index is 13.6. The molecule has 23 heteroatoms. The summed E-state index contributed by atoms with van der Waals surface area (Å²) in [5.74, 6) is -3.68. The van der Waals surface area contributed by atoms with Crippen LogP contribution in [0.1, 0.15) is 47.1 Å². The van der Waals surface area contributed by atoms with Gasteiger partial charge in [0, 0.05) is 40.5 Å². The van der Waals surface area contributed by atoms with Crippen LogP contribution in [0.25, 0.3) is 11.3 Å². The van der Waals surface area contributed by atoms with E-state index in [1.165, 1.54) is 23.9 Å². The standard InChI is InChI=1S/C32H36N8O5.C2HF3O2.CHF3.CH2O2/c1-19(2)38-29-32(43)40(18-27(41)36-16-20-9-11-21(12-10-20)28(34)35)26(17-37-29)23-13-24(15-25(33)14-23)30(42)39-31(45-44-3)22-7-5-4-6-8-22;3-2(4,5)1(6)7;2-1(3)4;2-1-3/h4-15,17,19,31H,16,18,33H2,1-3H3,(H3,34,35)(H,36,41)(H,37,38)(H,39,42);(H,6,7);1H;1H,(H,2,3)/t31-;;;/m0.../s1. The lowest BCUT2D eigenvalue weighted by atomic mass is 10.1. The highest BCUT2D eigenvalue weighted by molar-refractivity contribution is 5.97. The number of halogens is 6. The van der Waals surface area contributed by atoms with Crippen LogP contribution in [0.2, 0.25) is 0 Å². The zero-order valence-corrected chi connectivity index (χ0v) is 31.3. The number of nitrogens with one attached hydrogen (secondary N) is 4. The fraction of sp³-hybridized carbons (Fsp3) is 0.250. The van der Waals surface area contributed by atoms with E-state index in [1.807, 2.05) is 19.9 Å². The fourth-order valence-electron chi connectivity index (χ4n) is 4.47. The Morgan fingerprint density at radius 2 is 1.56 bits per heavy atom. The first kappa shape index (κ1) is 50.0. The summed E-state index contributed by atoms with van der Waals surface area (Å²) in [6.07, 6.45) is -4.53. The van der Waals surface area contributed by atoms with E-state index in [1.54, 1.807) is 60.7 Å². The van der Waals surface area contributed by atoms with Crippen molar-refractivity contribution in [3.63, 3.8) is 0 Å². The third-order valence-corrected chi connectivity index (χ3v) is 6.85. The Bertz CT molecular complexity index is 2050. The van der Waals surface area contributed by atoms with Gasteiger partial charge in [0.15, 0.2) is 12.0 Å². The molecule has 0 saturated carbocycles. The van der Waals surface area contributed by atoms with Gasteiger partial charge < -0.3 is 37.6 Å². The number of alkyl halides is 6. The number of carboxylic acid groups (broad SMARTS) is 2. The van der Waals surface area contributed by atoms with E-state index in [9.17, 15) is 40.7 Å². The van der Waals surface area contributed by atoms with Crippen LogP contribution >= 0.6 is 0 Å². The largest absolute Gasteiger partial charge is 0.490 e. The monoisotopic (exact) mass is 842 g/mol. The number of aliphatic carboxylic acids is 1. The van der Waals surface area contributed by atoms with Gasteiger partial charge in [0.05, 0.1) is 19.0 Å². The number of benzene rings is 3. The number of aromatic nitrogens is 2. The minimum absolute atomic E-state index is 0.0532. The van der Waals surface area contributed by atoms with E-state index < -0.39 is 42.4 Å². The Kier molecular flexibility index (Phi) is 20.8.